The zero-order valence-electron chi connectivity index (χ0n) is 11.3. The third-order valence-electron chi connectivity index (χ3n) is 3.38. The molecule has 0 aromatic heterocycles. The molecule has 0 aliphatic carbocycles. The van der Waals surface area contributed by atoms with Crippen molar-refractivity contribution in [2.45, 2.75) is 18.9 Å². The molecule has 1 fully saturated rings. The largest absolute Gasteiger partial charge is 0.366 e. The number of primary amides is 1. The van der Waals surface area contributed by atoms with Crippen LogP contribution in [0.25, 0.3) is 0 Å². The van der Waals surface area contributed by atoms with Gasteiger partial charge in [0.25, 0.3) is 5.91 Å². The van der Waals surface area contributed by atoms with Crippen molar-refractivity contribution in [3.63, 3.8) is 0 Å². The highest BCUT2D eigenvalue weighted by molar-refractivity contribution is 6.03. The lowest BCUT2D eigenvalue weighted by Crippen LogP contribution is -2.45. The van der Waals surface area contributed by atoms with Crippen molar-refractivity contribution in [2.24, 2.45) is 11.5 Å². The van der Waals surface area contributed by atoms with E-state index in [1.807, 2.05) is 4.90 Å². The summed E-state index contributed by atoms with van der Waals surface area (Å²) in [4.78, 5) is 25.3. The molecule has 2 rings (SSSR count). The first-order valence-electron chi connectivity index (χ1n) is 6.73. The van der Waals surface area contributed by atoms with E-state index in [2.05, 4.69) is 5.32 Å². The van der Waals surface area contributed by atoms with Gasteiger partial charge in [0.1, 0.15) is 0 Å². The zero-order chi connectivity index (χ0) is 14.5. The third-order valence-corrected chi connectivity index (χ3v) is 3.38. The fraction of sp³-hybridized carbons (Fsp3) is 0.429. The van der Waals surface area contributed by atoms with Gasteiger partial charge in [0.05, 0.1) is 17.8 Å². The highest BCUT2D eigenvalue weighted by Crippen LogP contribution is 2.14. The Morgan fingerprint density at radius 2 is 2.10 bits per heavy atom. The van der Waals surface area contributed by atoms with Crippen molar-refractivity contribution in [1.82, 2.24) is 4.90 Å². The minimum absolute atomic E-state index is 0.134. The molecule has 0 radical (unpaired) electrons. The number of piperidine rings is 1. The Balaban J connectivity index is 1.96. The van der Waals surface area contributed by atoms with Crippen LogP contribution in [0.5, 0.6) is 0 Å². The van der Waals surface area contributed by atoms with Crippen LogP contribution in [-0.4, -0.2) is 42.4 Å². The molecule has 0 bridgehead atoms. The number of carbonyl (C=O) groups excluding carboxylic acids is 2. The first kappa shape index (κ1) is 14.5. The smallest absolute Gasteiger partial charge is 0.250 e. The van der Waals surface area contributed by atoms with Crippen LogP contribution in [0.1, 0.15) is 23.2 Å². The summed E-state index contributed by atoms with van der Waals surface area (Å²) in [5, 5.41) is 2.73. The number of para-hydroxylation sites is 1. The lowest BCUT2D eigenvalue weighted by Gasteiger charge is -2.30. The van der Waals surface area contributed by atoms with Gasteiger partial charge in [-0.25, -0.2) is 0 Å². The maximum Gasteiger partial charge on any atom is 0.250 e. The van der Waals surface area contributed by atoms with E-state index in [-0.39, 0.29) is 18.5 Å². The van der Waals surface area contributed by atoms with E-state index in [0.29, 0.717) is 11.3 Å². The molecule has 20 heavy (non-hydrogen) atoms. The molecule has 108 valence electrons. The summed E-state index contributed by atoms with van der Waals surface area (Å²) >= 11 is 0. The molecule has 0 saturated carbocycles. The van der Waals surface area contributed by atoms with Gasteiger partial charge in [-0.2, -0.15) is 0 Å². The predicted octanol–water partition coefficient (Wildman–Crippen LogP) is 0.147. The van der Waals surface area contributed by atoms with Gasteiger partial charge in [-0.15, -0.1) is 0 Å². The minimum atomic E-state index is -0.555. The Morgan fingerprint density at radius 1 is 1.35 bits per heavy atom. The molecule has 1 atom stereocenters. The van der Waals surface area contributed by atoms with Gasteiger partial charge in [0, 0.05) is 12.6 Å². The van der Waals surface area contributed by atoms with Gasteiger partial charge < -0.3 is 16.8 Å². The zero-order valence-corrected chi connectivity index (χ0v) is 11.3. The molecule has 1 unspecified atom stereocenters. The number of nitrogens with one attached hydrogen (secondary N) is 1. The topological polar surface area (TPSA) is 101 Å². The predicted molar refractivity (Wildman–Crippen MR) is 77.2 cm³/mol. The molecule has 0 spiro atoms. The van der Waals surface area contributed by atoms with Crippen molar-refractivity contribution in [3.05, 3.63) is 29.8 Å². The van der Waals surface area contributed by atoms with Gasteiger partial charge in [-0.1, -0.05) is 12.1 Å². The first-order valence-corrected chi connectivity index (χ1v) is 6.73. The summed E-state index contributed by atoms with van der Waals surface area (Å²) in [6.45, 7) is 1.88. The second-order valence-corrected chi connectivity index (χ2v) is 5.10. The van der Waals surface area contributed by atoms with Crippen molar-refractivity contribution >= 4 is 17.5 Å². The van der Waals surface area contributed by atoms with Gasteiger partial charge in [0.15, 0.2) is 0 Å². The van der Waals surface area contributed by atoms with Crippen molar-refractivity contribution in [2.75, 3.05) is 25.0 Å². The maximum atomic E-state index is 12.0. The quantitative estimate of drug-likeness (QED) is 0.728. The normalized spacial score (nSPS) is 19.6. The molecule has 1 saturated heterocycles. The number of hydrogen-bond donors (Lipinski definition) is 3. The number of nitrogens with two attached hydrogens (primary N) is 2. The molecule has 6 nitrogen and oxygen atoms in total. The van der Waals surface area contributed by atoms with Crippen LogP contribution in [0.3, 0.4) is 0 Å². The second-order valence-electron chi connectivity index (χ2n) is 5.10. The van der Waals surface area contributed by atoms with E-state index in [9.17, 15) is 9.59 Å². The molecular weight excluding hydrogens is 256 g/mol. The standard InChI is InChI=1S/C14H20N4O2/c15-10-4-3-7-18(8-10)9-13(19)17-12-6-2-1-5-11(12)14(16)20/h1-2,5-6,10H,3-4,7-9,15H2,(H2,16,20)(H,17,19). The Kier molecular flexibility index (Phi) is 4.70. The molecule has 1 aliphatic heterocycles. The molecular formula is C14H20N4O2. The van der Waals surface area contributed by atoms with Crippen molar-refractivity contribution in [1.29, 1.82) is 0 Å². The lowest BCUT2D eigenvalue weighted by molar-refractivity contribution is -0.117. The minimum Gasteiger partial charge on any atom is -0.366 e. The fourth-order valence-electron chi connectivity index (χ4n) is 2.43. The van der Waals surface area contributed by atoms with Crippen LogP contribution < -0.4 is 16.8 Å². The number of hydrogen-bond acceptors (Lipinski definition) is 4. The van der Waals surface area contributed by atoms with Crippen LogP contribution in [0.15, 0.2) is 24.3 Å². The molecule has 6 heteroatoms. The third kappa shape index (κ3) is 3.79. The summed E-state index contributed by atoms with van der Waals surface area (Å²) in [7, 11) is 0. The van der Waals surface area contributed by atoms with Crippen LogP contribution >= 0.6 is 0 Å². The summed E-state index contributed by atoms with van der Waals surface area (Å²) in [6.07, 6.45) is 2.01. The van der Waals surface area contributed by atoms with Gasteiger partial charge in [0.2, 0.25) is 5.91 Å². The monoisotopic (exact) mass is 276 g/mol. The average molecular weight is 276 g/mol. The second kappa shape index (κ2) is 6.49. The summed E-state index contributed by atoms with van der Waals surface area (Å²) < 4.78 is 0. The van der Waals surface area contributed by atoms with E-state index in [1.54, 1.807) is 24.3 Å². The molecule has 2 amide bonds. The van der Waals surface area contributed by atoms with E-state index < -0.39 is 5.91 Å². The van der Waals surface area contributed by atoms with E-state index in [1.165, 1.54) is 0 Å². The van der Waals surface area contributed by atoms with Gasteiger partial charge in [-0.05, 0) is 31.5 Å². The summed E-state index contributed by atoms with van der Waals surface area (Å²) in [5.74, 6) is -0.714. The first-order chi connectivity index (χ1) is 9.56. The van der Waals surface area contributed by atoms with Gasteiger partial charge in [-0.3, -0.25) is 14.5 Å². The number of likely N-dealkylation sites (tertiary alicyclic amines) is 1. The van der Waals surface area contributed by atoms with E-state index >= 15 is 0 Å². The number of benzene rings is 1. The number of amides is 2. The SMILES string of the molecule is NC(=O)c1ccccc1NC(=O)CN1CCCC(N)C1. The number of nitrogens with zero attached hydrogens (tertiary/aromatic N) is 1. The molecule has 1 aromatic carbocycles. The van der Waals surface area contributed by atoms with Crippen LogP contribution in [0.4, 0.5) is 5.69 Å². The van der Waals surface area contributed by atoms with Gasteiger partial charge >= 0.3 is 0 Å². The number of rotatable bonds is 4. The molecule has 1 heterocycles. The summed E-state index contributed by atoms with van der Waals surface area (Å²) in [5.41, 5.74) is 11.9. The Bertz CT molecular complexity index is 504. The summed E-state index contributed by atoms with van der Waals surface area (Å²) in [6, 6.07) is 6.85. The Hall–Kier alpha value is -1.92. The van der Waals surface area contributed by atoms with Crippen molar-refractivity contribution in [3.8, 4) is 0 Å². The fourth-order valence-corrected chi connectivity index (χ4v) is 2.43. The lowest BCUT2D eigenvalue weighted by atomic mass is 10.1. The number of anilines is 1. The van der Waals surface area contributed by atoms with E-state index in [0.717, 1.165) is 25.9 Å². The van der Waals surface area contributed by atoms with Crippen LogP contribution in [0, 0.1) is 0 Å². The van der Waals surface area contributed by atoms with Crippen LogP contribution in [0.2, 0.25) is 0 Å². The van der Waals surface area contributed by atoms with E-state index in [4.69, 9.17) is 11.5 Å². The Labute approximate surface area is 118 Å². The highest BCUT2D eigenvalue weighted by atomic mass is 16.2. The molecule has 1 aromatic rings. The average Bonchev–Trinajstić information content (AvgIpc) is 2.38. The van der Waals surface area contributed by atoms with Crippen molar-refractivity contribution < 1.29 is 9.59 Å². The van der Waals surface area contributed by atoms with Crippen LogP contribution in [-0.2, 0) is 4.79 Å². The molecule has 1 aliphatic rings. The number of carbonyl (C=O) groups is 2. The molecule has 5 N–H and O–H groups in total. The highest BCUT2D eigenvalue weighted by Gasteiger charge is 2.19. The maximum absolute atomic E-state index is 12.0. The Morgan fingerprint density at radius 3 is 2.80 bits per heavy atom.